The number of halogens is 1. The Hall–Kier alpha value is -1.00. The lowest BCUT2D eigenvalue weighted by Gasteiger charge is -2.20. The largest absolute Gasteiger partial charge is 0.486 e. The van der Waals surface area contributed by atoms with Gasteiger partial charge in [-0.05, 0) is 52.4 Å². The van der Waals surface area contributed by atoms with Crippen LogP contribution in [0.25, 0.3) is 6.08 Å². The van der Waals surface area contributed by atoms with E-state index in [9.17, 15) is 0 Å². The number of rotatable bonds is 5. The molecular formula is C17H22BrNO2. The Balaban J connectivity index is 1.83. The van der Waals surface area contributed by atoms with Crippen molar-refractivity contribution in [1.82, 2.24) is 5.32 Å². The number of hydrogen-bond acceptors (Lipinski definition) is 3. The van der Waals surface area contributed by atoms with Crippen LogP contribution in [-0.2, 0) is 0 Å². The Morgan fingerprint density at radius 2 is 2.10 bits per heavy atom. The molecule has 0 unspecified atom stereocenters. The van der Waals surface area contributed by atoms with Crippen molar-refractivity contribution in [3.8, 4) is 11.5 Å². The average molecular weight is 352 g/mol. The van der Waals surface area contributed by atoms with Crippen LogP contribution in [-0.4, -0.2) is 25.8 Å². The number of nitrogens with one attached hydrogen (secondary N) is 1. The van der Waals surface area contributed by atoms with Crippen LogP contribution in [0, 0.1) is 5.92 Å². The zero-order valence-corrected chi connectivity index (χ0v) is 14.2. The van der Waals surface area contributed by atoms with Gasteiger partial charge in [0.1, 0.15) is 13.2 Å². The van der Waals surface area contributed by atoms with E-state index in [1.807, 2.05) is 0 Å². The van der Waals surface area contributed by atoms with Crippen LogP contribution < -0.4 is 14.8 Å². The predicted octanol–water partition coefficient (Wildman–Crippen LogP) is 4.01. The minimum absolute atomic E-state index is 0.531. The molecule has 1 aromatic rings. The van der Waals surface area contributed by atoms with Crippen molar-refractivity contribution in [1.29, 1.82) is 0 Å². The molecular weight excluding hydrogens is 330 g/mol. The molecule has 1 N–H and O–H groups in total. The van der Waals surface area contributed by atoms with Crippen molar-refractivity contribution >= 4 is 22.0 Å². The van der Waals surface area contributed by atoms with Crippen LogP contribution in [0.15, 0.2) is 22.2 Å². The van der Waals surface area contributed by atoms with Gasteiger partial charge in [-0.15, -0.1) is 0 Å². The standard InChI is InChI=1S/C17H22BrNO2/c1-11(2)13(10-19-14-3-4-14)7-12-8-15(18)17-16(9-12)20-5-6-21-17/h7-9,11,14,19H,3-6,10H2,1-2H3. The molecule has 1 fully saturated rings. The van der Waals surface area contributed by atoms with Gasteiger partial charge >= 0.3 is 0 Å². The zero-order valence-electron chi connectivity index (χ0n) is 12.6. The molecule has 1 aliphatic carbocycles. The maximum atomic E-state index is 5.70. The van der Waals surface area contributed by atoms with Gasteiger partial charge in [-0.3, -0.25) is 0 Å². The van der Waals surface area contributed by atoms with E-state index in [-0.39, 0.29) is 0 Å². The van der Waals surface area contributed by atoms with Crippen molar-refractivity contribution < 1.29 is 9.47 Å². The van der Waals surface area contributed by atoms with Crippen LogP contribution in [0.1, 0.15) is 32.3 Å². The Kier molecular flexibility index (Phi) is 4.55. The van der Waals surface area contributed by atoms with Crippen molar-refractivity contribution in [2.24, 2.45) is 5.92 Å². The van der Waals surface area contributed by atoms with Crippen molar-refractivity contribution in [2.45, 2.75) is 32.7 Å². The van der Waals surface area contributed by atoms with Gasteiger partial charge in [-0.25, -0.2) is 0 Å². The first-order valence-corrected chi connectivity index (χ1v) is 8.46. The van der Waals surface area contributed by atoms with Crippen LogP contribution in [0.4, 0.5) is 0 Å². The van der Waals surface area contributed by atoms with Gasteiger partial charge < -0.3 is 14.8 Å². The van der Waals surface area contributed by atoms with Gasteiger partial charge in [0, 0.05) is 12.6 Å². The molecule has 0 radical (unpaired) electrons. The molecule has 1 aromatic carbocycles. The maximum Gasteiger partial charge on any atom is 0.175 e. The Bertz CT molecular complexity index is 550. The molecule has 1 saturated carbocycles. The highest BCUT2D eigenvalue weighted by molar-refractivity contribution is 9.10. The molecule has 0 spiro atoms. The fourth-order valence-corrected chi connectivity index (χ4v) is 2.97. The second-order valence-electron chi connectivity index (χ2n) is 6.06. The lowest BCUT2D eigenvalue weighted by molar-refractivity contribution is 0.170. The summed E-state index contributed by atoms with van der Waals surface area (Å²) in [6, 6.07) is 4.91. The van der Waals surface area contributed by atoms with E-state index >= 15 is 0 Å². The summed E-state index contributed by atoms with van der Waals surface area (Å²) in [6.07, 6.45) is 4.91. The van der Waals surface area contributed by atoms with Crippen molar-refractivity contribution in [3.63, 3.8) is 0 Å². The van der Waals surface area contributed by atoms with E-state index < -0.39 is 0 Å². The third kappa shape index (κ3) is 3.80. The molecule has 0 bridgehead atoms. The fraction of sp³-hybridized carbons (Fsp3) is 0.529. The molecule has 4 heteroatoms. The number of fused-ring (bicyclic) bond motifs is 1. The van der Waals surface area contributed by atoms with E-state index in [1.54, 1.807) is 0 Å². The molecule has 21 heavy (non-hydrogen) atoms. The van der Waals surface area contributed by atoms with E-state index in [0.29, 0.717) is 19.1 Å². The van der Waals surface area contributed by atoms with Gasteiger partial charge in [0.05, 0.1) is 4.47 Å². The summed E-state index contributed by atoms with van der Waals surface area (Å²) in [7, 11) is 0. The van der Waals surface area contributed by atoms with Crippen molar-refractivity contribution in [2.75, 3.05) is 19.8 Å². The highest BCUT2D eigenvalue weighted by atomic mass is 79.9. The summed E-state index contributed by atoms with van der Waals surface area (Å²) in [5.74, 6) is 2.18. The minimum atomic E-state index is 0.531. The van der Waals surface area contributed by atoms with Gasteiger partial charge in [-0.1, -0.05) is 25.5 Å². The van der Waals surface area contributed by atoms with Gasteiger partial charge in [0.25, 0.3) is 0 Å². The maximum absolute atomic E-state index is 5.70. The van der Waals surface area contributed by atoms with E-state index in [4.69, 9.17) is 9.47 Å². The Morgan fingerprint density at radius 3 is 2.81 bits per heavy atom. The van der Waals surface area contributed by atoms with Gasteiger partial charge in [0.15, 0.2) is 11.5 Å². The van der Waals surface area contributed by atoms with Crippen LogP contribution in [0.5, 0.6) is 11.5 Å². The Labute approximate surface area is 134 Å². The van der Waals surface area contributed by atoms with Gasteiger partial charge in [-0.2, -0.15) is 0 Å². The van der Waals surface area contributed by atoms with Crippen molar-refractivity contribution in [3.05, 3.63) is 27.7 Å². The summed E-state index contributed by atoms with van der Waals surface area (Å²) < 4.78 is 12.3. The second kappa shape index (κ2) is 6.41. The number of benzene rings is 1. The number of ether oxygens (including phenoxy) is 2. The molecule has 3 rings (SSSR count). The molecule has 2 aliphatic rings. The normalized spacial score (nSPS) is 18.2. The summed E-state index contributed by atoms with van der Waals surface area (Å²) in [5.41, 5.74) is 2.58. The van der Waals surface area contributed by atoms with Gasteiger partial charge in [0.2, 0.25) is 0 Å². The van der Waals surface area contributed by atoms with E-state index in [2.05, 4.69) is 53.3 Å². The summed E-state index contributed by atoms with van der Waals surface area (Å²) >= 11 is 3.58. The average Bonchev–Trinajstić information content (AvgIpc) is 3.27. The molecule has 114 valence electrons. The topological polar surface area (TPSA) is 30.5 Å². The van der Waals surface area contributed by atoms with Crippen LogP contribution in [0.2, 0.25) is 0 Å². The molecule has 0 saturated heterocycles. The van der Waals surface area contributed by atoms with E-state index in [0.717, 1.165) is 34.1 Å². The van der Waals surface area contributed by atoms with Crippen LogP contribution in [0.3, 0.4) is 0 Å². The van der Waals surface area contributed by atoms with E-state index in [1.165, 1.54) is 18.4 Å². The third-order valence-corrected chi connectivity index (χ3v) is 4.47. The summed E-state index contributed by atoms with van der Waals surface area (Å²) in [5, 5.41) is 3.60. The highest BCUT2D eigenvalue weighted by Gasteiger charge is 2.21. The lowest BCUT2D eigenvalue weighted by atomic mass is 10.00. The summed E-state index contributed by atoms with van der Waals surface area (Å²) in [4.78, 5) is 0. The first-order chi connectivity index (χ1) is 10.1. The Morgan fingerprint density at radius 1 is 1.33 bits per heavy atom. The smallest absolute Gasteiger partial charge is 0.175 e. The molecule has 0 atom stereocenters. The summed E-state index contributed by atoms with van der Waals surface area (Å²) in [6.45, 7) is 6.69. The monoisotopic (exact) mass is 351 g/mol. The molecule has 0 aromatic heterocycles. The van der Waals surface area contributed by atoms with Crippen LogP contribution >= 0.6 is 15.9 Å². The molecule has 0 amide bonds. The first-order valence-electron chi connectivity index (χ1n) is 7.66. The molecule has 1 heterocycles. The number of hydrogen-bond donors (Lipinski definition) is 1. The highest BCUT2D eigenvalue weighted by Crippen LogP contribution is 2.39. The molecule has 1 aliphatic heterocycles. The zero-order chi connectivity index (χ0) is 14.8. The quantitative estimate of drug-likeness (QED) is 0.869. The molecule has 3 nitrogen and oxygen atoms in total. The minimum Gasteiger partial charge on any atom is -0.486 e. The second-order valence-corrected chi connectivity index (χ2v) is 6.91. The SMILES string of the molecule is CC(C)C(=Cc1cc(Br)c2c(c1)OCCO2)CNC1CC1. The first kappa shape index (κ1) is 14.9. The predicted molar refractivity (Wildman–Crippen MR) is 89.0 cm³/mol. The third-order valence-electron chi connectivity index (χ3n) is 3.89. The lowest BCUT2D eigenvalue weighted by Crippen LogP contribution is -2.21. The fourth-order valence-electron chi connectivity index (χ4n) is 2.40.